The Morgan fingerprint density at radius 1 is 1.35 bits per heavy atom. The maximum Gasteiger partial charge on any atom is 0.427 e. The van der Waals surface area contributed by atoms with Gasteiger partial charge in [-0.05, 0) is 36.1 Å². The van der Waals surface area contributed by atoms with Crippen molar-refractivity contribution < 1.29 is 32.6 Å². The Balaban J connectivity index is 1.55. The Bertz CT molecular complexity index is 915. The highest BCUT2D eigenvalue weighted by molar-refractivity contribution is 7.14. The Morgan fingerprint density at radius 2 is 2.13 bits per heavy atom. The van der Waals surface area contributed by atoms with Crippen molar-refractivity contribution in [3.8, 4) is 0 Å². The van der Waals surface area contributed by atoms with Gasteiger partial charge >= 0.3 is 6.18 Å². The summed E-state index contributed by atoms with van der Waals surface area (Å²) >= 11 is 2.40. The molecule has 1 aliphatic rings. The van der Waals surface area contributed by atoms with Crippen LogP contribution in [0.1, 0.15) is 29.8 Å². The van der Waals surface area contributed by atoms with Crippen LogP contribution < -0.4 is 10.6 Å². The maximum atomic E-state index is 12.9. The molecule has 1 aliphatic heterocycles. The number of aliphatic hydroxyl groups excluding tert-OH is 1. The van der Waals surface area contributed by atoms with Crippen LogP contribution in [0, 0.1) is 6.92 Å². The van der Waals surface area contributed by atoms with Crippen LogP contribution in [0.25, 0.3) is 0 Å². The SMILES string of the molecule is Cc1ccsc1C(=O)N1CCOCC1CNC(=O)c1ccc(CNC(O)C(F)(F)F)s1. The molecule has 12 heteroatoms. The molecule has 2 amide bonds. The second-order valence-corrected chi connectivity index (χ2v) is 9.05. The van der Waals surface area contributed by atoms with Gasteiger partial charge in [-0.2, -0.15) is 13.2 Å². The first kappa shape index (κ1) is 23.7. The van der Waals surface area contributed by atoms with Crippen molar-refractivity contribution in [3.05, 3.63) is 43.8 Å². The van der Waals surface area contributed by atoms with Crippen molar-refractivity contribution in [3.63, 3.8) is 0 Å². The summed E-state index contributed by atoms with van der Waals surface area (Å²) in [6.07, 6.45) is -7.39. The fourth-order valence-corrected chi connectivity index (χ4v) is 4.77. The number of hydrogen-bond donors (Lipinski definition) is 3. The molecule has 2 unspecified atom stereocenters. The second-order valence-electron chi connectivity index (χ2n) is 6.96. The summed E-state index contributed by atoms with van der Waals surface area (Å²) in [5.74, 6) is -0.486. The van der Waals surface area contributed by atoms with Gasteiger partial charge in [-0.1, -0.05) is 0 Å². The van der Waals surface area contributed by atoms with Crippen LogP contribution in [-0.2, 0) is 11.3 Å². The number of aryl methyl sites for hydroxylation is 1. The molecule has 0 bridgehead atoms. The van der Waals surface area contributed by atoms with E-state index < -0.39 is 18.3 Å². The highest BCUT2D eigenvalue weighted by atomic mass is 32.1. The number of ether oxygens (including phenoxy) is 1. The van der Waals surface area contributed by atoms with Gasteiger partial charge in [-0.3, -0.25) is 14.9 Å². The van der Waals surface area contributed by atoms with Gasteiger partial charge in [0.25, 0.3) is 11.8 Å². The molecule has 2 aromatic heterocycles. The fraction of sp³-hybridized carbons (Fsp3) is 0.474. The molecule has 1 fully saturated rings. The summed E-state index contributed by atoms with van der Waals surface area (Å²) in [6.45, 7) is 2.98. The lowest BCUT2D eigenvalue weighted by Gasteiger charge is -2.35. The normalized spacial score (nSPS) is 18.1. The summed E-state index contributed by atoms with van der Waals surface area (Å²) in [4.78, 5) is 28.5. The van der Waals surface area contributed by atoms with E-state index in [1.54, 1.807) is 4.90 Å². The topological polar surface area (TPSA) is 90.9 Å². The smallest absolute Gasteiger partial charge is 0.377 e. The number of morpholine rings is 1. The van der Waals surface area contributed by atoms with E-state index in [1.165, 1.54) is 23.5 Å². The number of amides is 2. The van der Waals surface area contributed by atoms with Crippen molar-refractivity contribution >= 4 is 34.5 Å². The summed E-state index contributed by atoms with van der Waals surface area (Å²) in [6, 6.07) is 4.59. The van der Waals surface area contributed by atoms with Gasteiger partial charge < -0.3 is 20.1 Å². The number of nitrogens with zero attached hydrogens (tertiary/aromatic N) is 1. The molecular weight excluding hydrogens is 455 g/mol. The van der Waals surface area contributed by atoms with E-state index in [2.05, 4.69) is 5.32 Å². The average molecular weight is 478 g/mol. The average Bonchev–Trinajstić information content (AvgIpc) is 3.38. The summed E-state index contributed by atoms with van der Waals surface area (Å²) < 4.78 is 42.5. The zero-order chi connectivity index (χ0) is 22.6. The number of alkyl halides is 3. The molecule has 3 rings (SSSR count). The molecule has 2 aromatic rings. The third-order valence-corrected chi connectivity index (χ3v) is 6.80. The van der Waals surface area contributed by atoms with Crippen molar-refractivity contribution in [2.45, 2.75) is 31.9 Å². The van der Waals surface area contributed by atoms with Crippen molar-refractivity contribution in [1.29, 1.82) is 0 Å². The maximum absolute atomic E-state index is 12.9. The number of rotatable bonds is 7. The van der Waals surface area contributed by atoms with Crippen LogP contribution in [0.2, 0.25) is 0 Å². The van der Waals surface area contributed by atoms with Gasteiger partial charge in [0, 0.05) is 24.5 Å². The zero-order valence-electron chi connectivity index (χ0n) is 16.6. The predicted octanol–water partition coefficient (Wildman–Crippen LogP) is 2.36. The van der Waals surface area contributed by atoms with Gasteiger partial charge in [0.2, 0.25) is 6.23 Å². The van der Waals surface area contributed by atoms with E-state index in [-0.39, 0.29) is 25.0 Å². The largest absolute Gasteiger partial charge is 0.427 e. The summed E-state index contributed by atoms with van der Waals surface area (Å²) in [7, 11) is 0. The number of thiophene rings is 2. The van der Waals surface area contributed by atoms with E-state index >= 15 is 0 Å². The number of aliphatic hydroxyl groups is 1. The van der Waals surface area contributed by atoms with Gasteiger partial charge in [-0.25, -0.2) is 0 Å². The summed E-state index contributed by atoms with van der Waals surface area (Å²) in [5.41, 5.74) is 0.902. The molecule has 3 N–H and O–H groups in total. The number of carbonyl (C=O) groups is 2. The molecule has 2 atom stereocenters. The second kappa shape index (κ2) is 10.1. The Kier molecular flexibility index (Phi) is 7.70. The minimum atomic E-state index is -4.76. The first-order valence-corrected chi connectivity index (χ1v) is 11.1. The molecule has 0 aliphatic carbocycles. The molecule has 0 radical (unpaired) electrons. The van der Waals surface area contributed by atoms with Crippen LogP contribution in [0.4, 0.5) is 13.2 Å². The lowest BCUT2D eigenvalue weighted by atomic mass is 10.2. The summed E-state index contributed by atoms with van der Waals surface area (Å²) in [5, 5.41) is 15.6. The van der Waals surface area contributed by atoms with Gasteiger partial charge in [0.15, 0.2) is 0 Å². The Labute approximate surface area is 184 Å². The van der Waals surface area contributed by atoms with E-state index in [0.717, 1.165) is 16.9 Å². The Morgan fingerprint density at radius 3 is 2.81 bits per heavy atom. The number of carbonyl (C=O) groups excluding carboxylic acids is 2. The van der Waals surface area contributed by atoms with Crippen LogP contribution in [0.15, 0.2) is 23.6 Å². The third-order valence-electron chi connectivity index (χ3n) is 4.71. The molecule has 3 heterocycles. The van der Waals surface area contributed by atoms with Gasteiger partial charge in [0.1, 0.15) is 0 Å². The standard InChI is InChI=1S/C19H22F3N3O4S2/c1-11-4-7-30-15(11)17(27)25-5-6-29-10-12(25)8-23-16(26)14-3-2-13(31-14)9-24-18(28)19(20,21)22/h2-4,7,12,18,24,28H,5-6,8-10H2,1H3,(H,23,26). The molecule has 0 spiro atoms. The highest BCUT2D eigenvalue weighted by Gasteiger charge is 2.38. The quantitative estimate of drug-likeness (QED) is 0.533. The van der Waals surface area contributed by atoms with E-state index in [0.29, 0.717) is 34.4 Å². The van der Waals surface area contributed by atoms with Crippen LogP contribution in [-0.4, -0.2) is 66.6 Å². The van der Waals surface area contributed by atoms with Crippen LogP contribution in [0.5, 0.6) is 0 Å². The van der Waals surface area contributed by atoms with Crippen LogP contribution >= 0.6 is 22.7 Å². The predicted molar refractivity (Wildman–Crippen MR) is 110 cm³/mol. The molecule has 0 saturated carbocycles. The van der Waals surface area contributed by atoms with Gasteiger partial charge in [-0.15, -0.1) is 22.7 Å². The lowest BCUT2D eigenvalue weighted by Crippen LogP contribution is -2.53. The Hall–Kier alpha value is -1.99. The molecule has 7 nitrogen and oxygen atoms in total. The highest BCUT2D eigenvalue weighted by Crippen LogP contribution is 2.22. The van der Waals surface area contributed by atoms with Crippen molar-refractivity contribution in [1.82, 2.24) is 15.5 Å². The molecule has 0 aromatic carbocycles. The van der Waals surface area contributed by atoms with Crippen LogP contribution in [0.3, 0.4) is 0 Å². The number of halogens is 3. The van der Waals surface area contributed by atoms with E-state index in [4.69, 9.17) is 9.84 Å². The van der Waals surface area contributed by atoms with Crippen molar-refractivity contribution in [2.24, 2.45) is 0 Å². The monoisotopic (exact) mass is 477 g/mol. The lowest BCUT2D eigenvalue weighted by molar-refractivity contribution is -0.213. The molecule has 170 valence electrons. The fourth-order valence-electron chi connectivity index (χ4n) is 3.02. The number of hydrogen-bond acceptors (Lipinski definition) is 7. The molecular formula is C19H22F3N3O4S2. The minimum Gasteiger partial charge on any atom is -0.377 e. The van der Waals surface area contributed by atoms with Gasteiger partial charge in [0.05, 0.1) is 29.0 Å². The molecule has 31 heavy (non-hydrogen) atoms. The minimum absolute atomic E-state index is 0.0947. The zero-order valence-corrected chi connectivity index (χ0v) is 18.2. The molecule has 1 saturated heterocycles. The van der Waals surface area contributed by atoms with Crippen molar-refractivity contribution in [2.75, 3.05) is 26.3 Å². The first-order chi connectivity index (χ1) is 14.7. The third kappa shape index (κ3) is 6.04. The van der Waals surface area contributed by atoms with E-state index in [1.807, 2.05) is 23.7 Å². The number of nitrogens with one attached hydrogen (secondary N) is 2. The first-order valence-electron chi connectivity index (χ1n) is 9.44. The van der Waals surface area contributed by atoms with E-state index in [9.17, 15) is 22.8 Å².